The molecule has 0 spiro atoms. The maximum Gasteiger partial charge on any atom is 0.0406 e. The molecular weight excluding hydrogens is 184 g/mol. The second-order valence-electron chi connectivity index (χ2n) is 2.64. The average molecular weight is 196 g/mol. The summed E-state index contributed by atoms with van der Waals surface area (Å²) in [5, 5.41) is 0. The molecule has 1 rings (SSSR count). The summed E-state index contributed by atoms with van der Waals surface area (Å²) in [6.07, 6.45) is 0. The largest absolute Gasteiger partial charge is 0.140 e. The molecule has 0 aliphatic heterocycles. The van der Waals surface area contributed by atoms with Gasteiger partial charge in [0.1, 0.15) is 0 Å². The molecule has 64 valence electrons. The van der Waals surface area contributed by atoms with E-state index in [-0.39, 0.29) is 0 Å². The molecule has 0 saturated carbocycles. The third kappa shape index (κ3) is 2.54. The third-order valence-corrected chi connectivity index (χ3v) is 3.32. The van der Waals surface area contributed by atoms with Gasteiger partial charge in [-0.1, -0.05) is 24.9 Å². The zero-order valence-corrected chi connectivity index (χ0v) is 9.02. The molecule has 2 heteroatoms. The SMILES string of the molecule is C=C(C)SC(=C)c1ccc(C)s1. The molecule has 0 fully saturated rings. The molecule has 0 aliphatic rings. The van der Waals surface area contributed by atoms with Gasteiger partial charge in [0.2, 0.25) is 0 Å². The fourth-order valence-electron chi connectivity index (χ4n) is 0.845. The smallest absolute Gasteiger partial charge is 0.0406 e. The zero-order valence-electron chi connectivity index (χ0n) is 7.39. The fraction of sp³-hybridized carbons (Fsp3) is 0.200. The fourth-order valence-corrected chi connectivity index (χ4v) is 2.42. The van der Waals surface area contributed by atoms with Gasteiger partial charge in [-0.25, -0.2) is 0 Å². The standard InChI is InChI=1S/C10H12S2/c1-7(2)11-9(4)10-6-5-8(3)12-10/h5-6H,1,4H2,2-3H3. The predicted octanol–water partition coefficient (Wildman–Crippen LogP) is 4.29. The molecule has 0 atom stereocenters. The molecule has 0 aliphatic carbocycles. The van der Waals surface area contributed by atoms with E-state index in [4.69, 9.17) is 0 Å². The predicted molar refractivity (Wildman–Crippen MR) is 60.5 cm³/mol. The summed E-state index contributed by atoms with van der Waals surface area (Å²) >= 11 is 3.42. The molecule has 1 heterocycles. The van der Waals surface area contributed by atoms with Gasteiger partial charge in [-0.15, -0.1) is 11.3 Å². The van der Waals surface area contributed by atoms with Crippen LogP contribution < -0.4 is 0 Å². The number of rotatable bonds is 3. The van der Waals surface area contributed by atoms with Crippen LogP contribution in [-0.2, 0) is 0 Å². The normalized spacial score (nSPS) is 9.83. The van der Waals surface area contributed by atoms with Crippen LogP contribution in [0.1, 0.15) is 16.7 Å². The van der Waals surface area contributed by atoms with E-state index in [1.807, 2.05) is 6.92 Å². The number of allylic oxidation sites excluding steroid dienone is 1. The molecule has 1 aromatic rings. The summed E-state index contributed by atoms with van der Waals surface area (Å²) in [6, 6.07) is 4.22. The second-order valence-corrected chi connectivity index (χ2v) is 5.32. The minimum atomic E-state index is 1.09. The lowest BCUT2D eigenvalue weighted by molar-refractivity contribution is 1.64. The van der Waals surface area contributed by atoms with Crippen molar-refractivity contribution in [1.29, 1.82) is 0 Å². The van der Waals surface area contributed by atoms with E-state index in [9.17, 15) is 0 Å². The van der Waals surface area contributed by atoms with E-state index in [1.165, 1.54) is 9.75 Å². The van der Waals surface area contributed by atoms with Crippen LogP contribution in [0.4, 0.5) is 0 Å². The monoisotopic (exact) mass is 196 g/mol. The summed E-state index contributed by atoms with van der Waals surface area (Å²) in [4.78, 5) is 4.76. The molecule has 1 aromatic heterocycles. The lowest BCUT2D eigenvalue weighted by atomic mass is 10.4. The number of thioether (sulfide) groups is 1. The molecule has 0 radical (unpaired) electrons. The van der Waals surface area contributed by atoms with Gasteiger partial charge in [0.05, 0.1) is 0 Å². The highest BCUT2D eigenvalue weighted by molar-refractivity contribution is 8.11. The first kappa shape index (κ1) is 9.62. The van der Waals surface area contributed by atoms with Crippen molar-refractivity contribution >= 4 is 28.0 Å². The van der Waals surface area contributed by atoms with Gasteiger partial charge in [0.15, 0.2) is 0 Å². The Morgan fingerprint density at radius 1 is 1.42 bits per heavy atom. The van der Waals surface area contributed by atoms with Gasteiger partial charge in [-0.2, -0.15) is 0 Å². The van der Waals surface area contributed by atoms with E-state index in [0.29, 0.717) is 0 Å². The second kappa shape index (κ2) is 3.97. The molecule has 0 nitrogen and oxygen atoms in total. The van der Waals surface area contributed by atoms with Crippen molar-refractivity contribution in [2.75, 3.05) is 0 Å². The van der Waals surface area contributed by atoms with Crippen LogP contribution in [0.5, 0.6) is 0 Å². The number of thiophene rings is 1. The van der Waals surface area contributed by atoms with Crippen LogP contribution in [0, 0.1) is 6.92 Å². The van der Waals surface area contributed by atoms with Crippen molar-refractivity contribution < 1.29 is 0 Å². The maximum absolute atomic E-state index is 3.99. The van der Waals surface area contributed by atoms with Crippen LogP contribution >= 0.6 is 23.1 Å². The molecule has 12 heavy (non-hydrogen) atoms. The van der Waals surface area contributed by atoms with Crippen LogP contribution in [0.15, 0.2) is 30.2 Å². The van der Waals surface area contributed by atoms with Crippen molar-refractivity contribution in [3.8, 4) is 0 Å². The summed E-state index contributed by atoms with van der Waals surface area (Å²) in [5.74, 6) is 0. The lowest BCUT2D eigenvalue weighted by Gasteiger charge is -1.99. The van der Waals surface area contributed by atoms with Gasteiger partial charge < -0.3 is 0 Å². The quantitative estimate of drug-likeness (QED) is 0.694. The Morgan fingerprint density at radius 2 is 2.08 bits per heavy atom. The van der Waals surface area contributed by atoms with E-state index in [0.717, 1.165) is 9.81 Å². The Kier molecular flexibility index (Phi) is 3.18. The molecule has 0 bridgehead atoms. The van der Waals surface area contributed by atoms with Crippen molar-refractivity contribution in [3.05, 3.63) is 40.0 Å². The first-order chi connectivity index (χ1) is 5.59. The van der Waals surface area contributed by atoms with Gasteiger partial charge >= 0.3 is 0 Å². The first-order valence-corrected chi connectivity index (χ1v) is 5.32. The molecule has 0 N–H and O–H groups in total. The highest BCUT2D eigenvalue weighted by Gasteiger charge is 2.01. The van der Waals surface area contributed by atoms with Gasteiger partial charge in [0, 0.05) is 14.7 Å². The average Bonchev–Trinajstić information content (AvgIpc) is 2.34. The molecule has 0 aromatic carbocycles. The zero-order chi connectivity index (χ0) is 9.14. The number of aryl methyl sites for hydroxylation is 1. The Labute approximate surface area is 82.0 Å². The summed E-state index contributed by atoms with van der Waals surface area (Å²) in [7, 11) is 0. The van der Waals surface area contributed by atoms with E-state index in [2.05, 4.69) is 32.2 Å². The lowest BCUT2D eigenvalue weighted by Crippen LogP contribution is -1.68. The molecule has 0 saturated heterocycles. The van der Waals surface area contributed by atoms with Crippen molar-refractivity contribution in [2.45, 2.75) is 13.8 Å². The maximum atomic E-state index is 3.99. The third-order valence-electron chi connectivity index (χ3n) is 1.31. The molecule has 0 amide bonds. The van der Waals surface area contributed by atoms with Crippen LogP contribution in [0.2, 0.25) is 0 Å². The molecular formula is C10H12S2. The Bertz CT molecular complexity index is 307. The van der Waals surface area contributed by atoms with E-state index >= 15 is 0 Å². The van der Waals surface area contributed by atoms with Gasteiger partial charge in [-0.05, 0) is 30.9 Å². The van der Waals surface area contributed by atoms with Crippen molar-refractivity contribution in [2.24, 2.45) is 0 Å². The van der Waals surface area contributed by atoms with E-state index < -0.39 is 0 Å². The summed E-state index contributed by atoms with van der Waals surface area (Å²) in [5.41, 5.74) is 0. The first-order valence-electron chi connectivity index (χ1n) is 3.68. The number of hydrogen-bond donors (Lipinski definition) is 0. The summed E-state index contributed by atoms with van der Waals surface area (Å²) in [6.45, 7) is 11.9. The Morgan fingerprint density at radius 3 is 2.50 bits per heavy atom. The minimum Gasteiger partial charge on any atom is -0.140 e. The highest BCUT2D eigenvalue weighted by atomic mass is 32.2. The van der Waals surface area contributed by atoms with Crippen LogP contribution in [-0.4, -0.2) is 0 Å². The van der Waals surface area contributed by atoms with Crippen molar-refractivity contribution in [1.82, 2.24) is 0 Å². The van der Waals surface area contributed by atoms with Gasteiger partial charge in [0.25, 0.3) is 0 Å². The Hall–Kier alpha value is -0.470. The van der Waals surface area contributed by atoms with Crippen LogP contribution in [0.25, 0.3) is 4.91 Å². The molecule has 0 unspecified atom stereocenters. The summed E-state index contributed by atoms with van der Waals surface area (Å²) < 4.78 is 0. The number of hydrogen-bond acceptors (Lipinski definition) is 2. The van der Waals surface area contributed by atoms with E-state index in [1.54, 1.807) is 23.1 Å². The van der Waals surface area contributed by atoms with Gasteiger partial charge in [-0.3, -0.25) is 0 Å². The highest BCUT2D eigenvalue weighted by Crippen LogP contribution is 2.34. The minimum absolute atomic E-state index is 1.09. The van der Waals surface area contributed by atoms with Crippen LogP contribution in [0.3, 0.4) is 0 Å². The Balaban J connectivity index is 2.72. The topological polar surface area (TPSA) is 0 Å². The van der Waals surface area contributed by atoms with Crippen molar-refractivity contribution in [3.63, 3.8) is 0 Å².